The average Bonchev–Trinajstić information content (AvgIpc) is 2.81. The highest BCUT2D eigenvalue weighted by Crippen LogP contribution is 2.19. The predicted octanol–water partition coefficient (Wildman–Crippen LogP) is 1.41. The molecule has 1 fully saturated rings. The van der Waals surface area contributed by atoms with Crippen molar-refractivity contribution >= 4 is 0 Å². The normalized spacial score (nSPS) is 20.2. The first-order chi connectivity index (χ1) is 5.36. The van der Waals surface area contributed by atoms with Crippen LogP contribution in [-0.2, 0) is 4.74 Å². The summed E-state index contributed by atoms with van der Waals surface area (Å²) in [4.78, 5) is 0. The maximum atomic E-state index is 5.11. The number of rotatable bonds is 6. The van der Waals surface area contributed by atoms with Crippen LogP contribution in [0.25, 0.3) is 0 Å². The first kappa shape index (κ1) is 9.01. The third kappa shape index (κ3) is 3.73. The summed E-state index contributed by atoms with van der Waals surface area (Å²) >= 11 is 0. The van der Waals surface area contributed by atoms with E-state index in [9.17, 15) is 0 Å². The van der Waals surface area contributed by atoms with Gasteiger partial charge in [0.15, 0.2) is 0 Å². The predicted molar refractivity (Wildman–Crippen MR) is 46.7 cm³/mol. The second kappa shape index (κ2) is 4.73. The van der Waals surface area contributed by atoms with Gasteiger partial charge >= 0.3 is 0 Å². The van der Waals surface area contributed by atoms with Gasteiger partial charge in [-0.05, 0) is 25.2 Å². The molecule has 0 amide bonds. The van der Waals surface area contributed by atoms with Crippen molar-refractivity contribution in [1.82, 2.24) is 5.32 Å². The molecule has 0 aromatic rings. The van der Waals surface area contributed by atoms with Crippen LogP contribution in [0.15, 0.2) is 0 Å². The Bertz CT molecular complexity index is 102. The zero-order valence-corrected chi connectivity index (χ0v) is 7.60. The zero-order chi connectivity index (χ0) is 8.10. The van der Waals surface area contributed by atoms with E-state index in [-0.39, 0.29) is 0 Å². The number of ether oxygens (including phenoxy) is 1. The fourth-order valence-electron chi connectivity index (χ4n) is 1.18. The van der Waals surface area contributed by atoms with Crippen LogP contribution in [0.4, 0.5) is 0 Å². The number of methoxy groups -OCH3 is 1. The molecule has 66 valence electrons. The summed E-state index contributed by atoms with van der Waals surface area (Å²) in [6.07, 6.45) is 3.97. The van der Waals surface area contributed by atoms with E-state index in [1.807, 2.05) is 0 Å². The summed E-state index contributed by atoms with van der Waals surface area (Å²) in [7, 11) is 1.78. The van der Waals surface area contributed by atoms with Gasteiger partial charge in [0.05, 0.1) is 6.61 Å². The average molecular weight is 157 g/mol. The Kier molecular flexibility index (Phi) is 3.87. The summed E-state index contributed by atoms with van der Waals surface area (Å²) in [6, 6.07) is 0.834. The molecule has 1 saturated carbocycles. The fraction of sp³-hybridized carbons (Fsp3) is 1.00. The lowest BCUT2D eigenvalue weighted by molar-refractivity contribution is 0.149. The second-order valence-electron chi connectivity index (χ2n) is 3.41. The summed E-state index contributed by atoms with van der Waals surface area (Å²) < 4.78 is 5.11. The van der Waals surface area contributed by atoms with Gasteiger partial charge in [0.1, 0.15) is 0 Å². The molecule has 1 aliphatic rings. The molecule has 11 heavy (non-hydrogen) atoms. The quantitative estimate of drug-likeness (QED) is 0.629. The van der Waals surface area contributed by atoms with Gasteiger partial charge in [-0.2, -0.15) is 0 Å². The molecule has 2 heteroatoms. The minimum absolute atomic E-state index is 0.709. The molecule has 1 N–H and O–H groups in total. The van der Waals surface area contributed by atoms with Gasteiger partial charge in [0.25, 0.3) is 0 Å². The van der Waals surface area contributed by atoms with E-state index < -0.39 is 0 Å². The standard InChI is InChI=1S/C9H19NO/c1-3-8(7-11-2)6-10-9-4-5-9/h8-10H,3-7H2,1-2H3. The highest BCUT2D eigenvalue weighted by atomic mass is 16.5. The Morgan fingerprint density at radius 1 is 1.55 bits per heavy atom. The first-order valence-corrected chi connectivity index (χ1v) is 4.59. The number of hydrogen-bond acceptors (Lipinski definition) is 2. The molecule has 0 aromatic heterocycles. The third-order valence-electron chi connectivity index (χ3n) is 2.25. The summed E-state index contributed by atoms with van der Waals surface area (Å²) in [5.41, 5.74) is 0. The highest BCUT2D eigenvalue weighted by Gasteiger charge is 2.21. The monoisotopic (exact) mass is 157 g/mol. The molecule has 1 rings (SSSR count). The molecule has 1 unspecified atom stereocenters. The van der Waals surface area contributed by atoms with Crippen LogP contribution in [0.2, 0.25) is 0 Å². The van der Waals surface area contributed by atoms with Gasteiger partial charge < -0.3 is 10.1 Å². The van der Waals surface area contributed by atoms with Crippen molar-refractivity contribution < 1.29 is 4.74 Å². The van der Waals surface area contributed by atoms with E-state index >= 15 is 0 Å². The van der Waals surface area contributed by atoms with Crippen molar-refractivity contribution in [3.8, 4) is 0 Å². The summed E-state index contributed by atoms with van der Waals surface area (Å²) in [6.45, 7) is 4.25. The van der Waals surface area contributed by atoms with E-state index in [4.69, 9.17) is 4.74 Å². The molecule has 0 radical (unpaired) electrons. The Labute approximate surface area is 69.3 Å². The van der Waals surface area contributed by atoms with Crippen molar-refractivity contribution in [2.24, 2.45) is 5.92 Å². The van der Waals surface area contributed by atoms with Crippen LogP contribution in [-0.4, -0.2) is 26.3 Å². The van der Waals surface area contributed by atoms with Crippen molar-refractivity contribution in [3.63, 3.8) is 0 Å². The van der Waals surface area contributed by atoms with Crippen molar-refractivity contribution in [2.45, 2.75) is 32.2 Å². The number of nitrogens with one attached hydrogen (secondary N) is 1. The maximum Gasteiger partial charge on any atom is 0.0502 e. The van der Waals surface area contributed by atoms with Crippen molar-refractivity contribution in [3.05, 3.63) is 0 Å². The molecule has 1 aliphatic carbocycles. The van der Waals surface area contributed by atoms with E-state index in [0.717, 1.165) is 19.2 Å². The molecular formula is C9H19NO. The van der Waals surface area contributed by atoms with Crippen LogP contribution in [0.5, 0.6) is 0 Å². The molecule has 0 bridgehead atoms. The number of hydrogen-bond donors (Lipinski definition) is 1. The van der Waals surface area contributed by atoms with Crippen LogP contribution in [0.3, 0.4) is 0 Å². The SMILES string of the molecule is CCC(CNC1CC1)COC. The zero-order valence-electron chi connectivity index (χ0n) is 7.60. The lowest BCUT2D eigenvalue weighted by atomic mass is 10.1. The van der Waals surface area contributed by atoms with E-state index in [2.05, 4.69) is 12.2 Å². The molecule has 0 heterocycles. The Morgan fingerprint density at radius 3 is 2.73 bits per heavy atom. The van der Waals surface area contributed by atoms with Crippen molar-refractivity contribution in [2.75, 3.05) is 20.3 Å². The van der Waals surface area contributed by atoms with Crippen LogP contribution in [0, 0.1) is 5.92 Å². The van der Waals surface area contributed by atoms with Gasteiger partial charge in [-0.25, -0.2) is 0 Å². The van der Waals surface area contributed by atoms with Crippen LogP contribution < -0.4 is 5.32 Å². The second-order valence-corrected chi connectivity index (χ2v) is 3.41. The fourth-order valence-corrected chi connectivity index (χ4v) is 1.18. The van der Waals surface area contributed by atoms with E-state index in [1.165, 1.54) is 19.3 Å². The molecule has 0 aliphatic heterocycles. The van der Waals surface area contributed by atoms with E-state index in [0.29, 0.717) is 5.92 Å². The van der Waals surface area contributed by atoms with Crippen LogP contribution in [0.1, 0.15) is 26.2 Å². The van der Waals surface area contributed by atoms with Gasteiger partial charge in [0, 0.05) is 19.7 Å². The topological polar surface area (TPSA) is 21.3 Å². The molecule has 1 atom stereocenters. The Balaban J connectivity index is 1.98. The molecule has 0 saturated heterocycles. The molecule has 0 aromatic carbocycles. The smallest absolute Gasteiger partial charge is 0.0502 e. The molecular weight excluding hydrogens is 138 g/mol. The Hall–Kier alpha value is -0.0800. The lowest BCUT2D eigenvalue weighted by Gasteiger charge is -2.13. The highest BCUT2D eigenvalue weighted by molar-refractivity contribution is 4.81. The van der Waals surface area contributed by atoms with Crippen LogP contribution >= 0.6 is 0 Å². The van der Waals surface area contributed by atoms with Gasteiger partial charge in [-0.15, -0.1) is 0 Å². The van der Waals surface area contributed by atoms with Gasteiger partial charge in [-0.3, -0.25) is 0 Å². The van der Waals surface area contributed by atoms with Crippen molar-refractivity contribution in [1.29, 1.82) is 0 Å². The van der Waals surface area contributed by atoms with Gasteiger partial charge in [-0.1, -0.05) is 6.92 Å². The Morgan fingerprint density at radius 2 is 2.27 bits per heavy atom. The summed E-state index contributed by atoms with van der Waals surface area (Å²) in [5, 5.41) is 3.51. The summed E-state index contributed by atoms with van der Waals surface area (Å²) in [5.74, 6) is 0.709. The minimum atomic E-state index is 0.709. The minimum Gasteiger partial charge on any atom is -0.384 e. The first-order valence-electron chi connectivity index (χ1n) is 4.59. The van der Waals surface area contributed by atoms with Gasteiger partial charge in [0.2, 0.25) is 0 Å². The largest absolute Gasteiger partial charge is 0.384 e. The lowest BCUT2D eigenvalue weighted by Crippen LogP contribution is -2.26. The molecule has 2 nitrogen and oxygen atoms in total. The third-order valence-corrected chi connectivity index (χ3v) is 2.25. The van der Waals surface area contributed by atoms with E-state index in [1.54, 1.807) is 7.11 Å². The maximum absolute atomic E-state index is 5.11. The molecule has 0 spiro atoms.